The van der Waals surface area contributed by atoms with Gasteiger partial charge in [-0.2, -0.15) is 0 Å². The van der Waals surface area contributed by atoms with E-state index in [0.717, 1.165) is 0 Å². The summed E-state index contributed by atoms with van der Waals surface area (Å²) in [5, 5.41) is 10.7. The Morgan fingerprint density at radius 3 is 1.93 bits per heavy atom. The molecule has 0 saturated heterocycles. The maximum absolute atomic E-state index is 2.42. The molecule has 0 atom stereocenters. The monoisotopic (exact) mass is 602 g/mol. The molecule has 0 radical (unpaired) electrons. The molecule has 1 aliphatic carbocycles. The minimum Gasteiger partial charge on any atom is -0.135 e. The Hall–Kier alpha value is -5.24. The van der Waals surface area contributed by atoms with Crippen LogP contribution >= 0.6 is 11.3 Å². The summed E-state index contributed by atoms with van der Waals surface area (Å²) in [6, 6.07) is 54.4. The molecule has 1 heterocycles. The lowest BCUT2D eigenvalue weighted by atomic mass is 9.78. The Bertz CT molecular complexity index is 2700. The van der Waals surface area contributed by atoms with Crippen molar-refractivity contribution in [1.82, 2.24) is 0 Å². The fourth-order valence-electron chi connectivity index (χ4n) is 8.38. The van der Waals surface area contributed by atoms with Crippen molar-refractivity contribution >= 4 is 63.8 Å². The Kier molecular flexibility index (Phi) is 5.31. The highest BCUT2D eigenvalue weighted by Crippen LogP contribution is 2.53. The quantitative estimate of drug-likeness (QED) is 0.173. The first-order chi connectivity index (χ1) is 22.6. The first-order valence-electron chi connectivity index (χ1n) is 16.1. The van der Waals surface area contributed by atoms with Crippen LogP contribution in [0.15, 0.2) is 146 Å². The minimum atomic E-state index is -0.0705. The zero-order chi connectivity index (χ0) is 30.6. The van der Waals surface area contributed by atoms with Crippen LogP contribution in [-0.2, 0) is 5.41 Å². The molecule has 0 saturated carbocycles. The normalized spacial score (nSPS) is 13.6. The maximum atomic E-state index is 2.42. The summed E-state index contributed by atoms with van der Waals surface area (Å²) >= 11 is 1.88. The van der Waals surface area contributed by atoms with E-state index in [1.54, 1.807) is 0 Å². The van der Waals surface area contributed by atoms with Crippen LogP contribution in [-0.4, -0.2) is 0 Å². The summed E-state index contributed by atoms with van der Waals surface area (Å²) in [6.07, 6.45) is 0. The van der Waals surface area contributed by atoms with Crippen LogP contribution in [0.25, 0.3) is 85.9 Å². The third-order valence-electron chi connectivity index (χ3n) is 10.4. The lowest BCUT2D eigenvalue weighted by Crippen LogP contribution is -2.15. The molecule has 1 aromatic heterocycles. The first kappa shape index (κ1) is 26.0. The first-order valence-corrected chi connectivity index (χ1v) is 16.9. The summed E-state index contributed by atoms with van der Waals surface area (Å²) in [5.74, 6) is 0. The second-order valence-electron chi connectivity index (χ2n) is 13.2. The summed E-state index contributed by atoms with van der Waals surface area (Å²) in [4.78, 5) is 0. The van der Waals surface area contributed by atoms with Crippen molar-refractivity contribution < 1.29 is 0 Å². The number of fused-ring (bicyclic) bond motifs is 13. The Morgan fingerprint density at radius 2 is 1.02 bits per heavy atom. The van der Waals surface area contributed by atoms with Crippen LogP contribution in [0.4, 0.5) is 0 Å². The van der Waals surface area contributed by atoms with Crippen LogP contribution in [0.2, 0.25) is 0 Å². The predicted octanol–water partition coefficient (Wildman–Crippen LogP) is 13.2. The molecule has 0 nitrogen and oxygen atoms in total. The highest BCUT2D eigenvalue weighted by atomic mass is 32.1. The van der Waals surface area contributed by atoms with Crippen LogP contribution in [0.5, 0.6) is 0 Å². The van der Waals surface area contributed by atoms with E-state index >= 15 is 0 Å². The Balaban J connectivity index is 1.20. The van der Waals surface area contributed by atoms with E-state index in [4.69, 9.17) is 0 Å². The van der Waals surface area contributed by atoms with Crippen molar-refractivity contribution in [3.8, 4) is 33.4 Å². The van der Waals surface area contributed by atoms with Gasteiger partial charge in [-0.3, -0.25) is 0 Å². The molecule has 0 amide bonds. The van der Waals surface area contributed by atoms with Crippen molar-refractivity contribution in [3.05, 3.63) is 157 Å². The zero-order valence-electron chi connectivity index (χ0n) is 25.8. The largest absolute Gasteiger partial charge is 0.135 e. The number of benzene rings is 8. The van der Waals surface area contributed by atoms with E-state index in [2.05, 4.69) is 159 Å². The maximum Gasteiger partial charge on any atom is 0.0361 e. The number of thiophene rings is 1. The molecule has 46 heavy (non-hydrogen) atoms. The molecule has 216 valence electrons. The lowest BCUT2D eigenvalue weighted by Gasteiger charge is -2.24. The third kappa shape index (κ3) is 3.49. The van der Waals surface area contributed by atoms with Crippen molar-refractivity contribution in [2.24, 2.45) is 0 Å². The molecular formula is C45H30S. The molecule has 0 spiro atoms. The topological polar surface area (TPSA) is 0 Å². The van der Waals surface area contributed by atoms with Gasteiger partial charge in [0, 0.05) is 25.6 Å². The molecule has 8 aromatic carbocycles. The SMILES string of the molecule is CC1(C)c2ccccc2-c2ccc3c4ccc(-c5cccc(-c6cccc7sc8ccccc8c67)c5)cc4c4ccccc4c3c21. The predicted molar refractivity (Wildman–Crippen MR) is 200 cm³/mol. The van der Waals surface area contributed by atoms with E-state index in [-0.39, 0.29) is 5.41 Å². The van der Waals surface area contributed by atoms with Crippen LogP contribution in [0, 0.1) is 0 Å². The fraction of sp³-hybridized carbons (Fsp3) is 0.0667. The second kappa shape index (κ2) is 9.39. The van der Waals surface area contributed by atoms with Gasteiger partial charge in [-0.15, -0.1) is 11.3 Å². The zero-order valence-corrected chi connectivity index (χ0v) is 26.6. The number of rotatable bonds is 2. The highest BCUT2D eigenvalue weighted by molar-refractivity contribution is 7.25. The smallest absolute Gasteiger partial charge is 0.0361 e. The number of hydrogen-bond acceptors (Lipinski definition) is 1. The van der Waals surface area contributed by atoms with E-state index in [0.29, 0.717) is 0 Å². The van der Waals surface area contributed by atoms with Crippen molar-refractivity contribution in [2.75, 3.05) is 0 Å². The van der Waals surface area contributed by atoms with Gasteiger partial charge in [0.25, 0.3) is 0 Å². The molecule has 9 aromatic rings. The van der Waals surface area contributed by atoms with Gasteiger partial charge < -0.3 is 0 Å². The third-order valence-corrected chi connectivity index (χ3v) is 11.6. The van der Waals surface area contributed by atoms with Gasteiger partial charge in [0.1, 0.15) is 0 Å². The molecule has 0 aliphatic heterocycles. The van der Waals surface area contributed by atoms with E-state index in [9.17, 15) is 0 Å². The van der Waals surface area contributed by atoms with Crippen molar-refractivity contribution in [2.45, 2.75) is 19.3 Å². The molecule has 1 aliphatic rings. The van der Waals surface area contributed by atoms with E-state index < -0.39 is 0 Å². The standard InChI is InChI=1S/C45H30S/c1-45(2)39-18-7-5-14-33(39)36-24-23-35-32-22-21-28(26-38(32)31-13-3-4-15-34(31)43(35)44(36)45)27-11-9-12-29(25-27)30-17-10-20-41-42(30)37-16-6-8-19-40(37)46-41/h3-26H,1-2H3. The van der Waals surface area contributed by atoms with Gasteiger partial charge in [-0.25, -0.2) is 0 Å². The molecular weight excluding hydrogens is 573 g/mol. The molecule has 0 bridgehead atoms. The van der Waals surface area contributed by atoms with Gasteiger partial charge in [-0.05, 0) is 101 Å². The second-order valence-corrected chi connectivity index (χ2v) is 14.3. The summed E-state index contributed by atoms with van der Waals surface area (Å²) in [5.41, 5.74) is 10.6. The molecule has 0 N–H and O–H groups in total. The average Bonchev–Trinajstić information content (AvgIpc) is 3.60. The molecule has 1 heteroatoms. The van der Waals surface area contributed by atoms with Crippen molar-refractivity contribution in [3.63, 3.8) is 0 Å². The van der Waals surface area contributed by atoms with Crippen LogP contribution < -0.4 is 0 Å². The molecule has 0 fully saturated rings. The van der Waals surface area contributed by atoms with Crippen LogP contribution in [0.3, 0.4) is 0 Å². The van der Waals surface area contributed by atoms with Gasteiger partial charge in [0.2, 0.25) is 0 Å². The fourth-order valence-corrected chi connectivity index (χ4v) is 9.51. The molecule has 0 unspecified atom stereocenters. The lowest BCUT2D eigenvalue weighted by molar-refractivity contribution is 0.666. The van der Waals surface area contributed by atoms with Gasteiger partial charge in [0.05, 0.1) is 0 Å². The average molecular weight is 603 g/mol. The minimum absolute atomic E-state index is 0.0705. The highest BCUT2D eigenvalue weighted by Gasteiger charge is 2.37. The molecule has 10 rings (SSSR count). The Morgan fingerprint density at radius 1 is 0.391 bits per heavy atom. The Labute approximate surface area is 272 Å². The summed E-state index contributed by atoms with van der Waals surface area (Å²) in [7, 11) is 0. The van der Waals surface area contributed by atoms with Gasteiger partial charge in [0.15, 0.2) is 0 Å². The van der Waals surface area contributed by atoms with Gasteiger partial charge in [-0.1, -0.05) is 135 Å². The summed E-state index contributed by atoms with van der Waals surface area (Å²) in [6.45, 7) is 4.79. The van der Waals surface area contributed by atoms with Crippen molar-refractivity contribution in [1.29, 1.82) is 0 Å². The number of hydrogen-bond donors (Lipinski definition) is 0. The van der Waals surface area contributed by atoms with E-state index in [1.165, 1.54) is 97.0 Å². The van der Waals surface area contributed by atoms with E-state index in [1.807, 2.05) is 11.3 Å². The summed E-state index contributed by atoms with van der Waals surface area (Å²) < 4.78 is 2.68. The van der Waals surface area contributed by atoms with Crippen LogP contribution in [0.1, 0.15) is 25.0 Å². The van der Waals surface area contributed by atoms with Gasteiger partial charge >= 0.3 is 0 Å².